The molecule has 7 nitrogen and oxygen atoms in total. The number of carbonyl (C=O) groups is 2. The fourth-order valence-corrected chi connectivity index (χ4v) is 3.75. The minimum atomic E-state index is -0.958. The molecule has 0 spiro atoms. The number of carboxylic acids is 1. The molecule has 0 aliphatic heterocycles. The van der Waals surface area contributed by atoms with Crippen molar-refractivity contribution < 1.29 is 24.2 Å². The van der Waals surface area contributed by atoms with E-state index in [1.54, 1.807) is 6.92 Å². The Bertz CT molecular complexity index is 643. The number of aliphatic carboxylic acids is 1. The Morgan fingerprint density at radius 2 is 1.90 bits per heavy atom. The molecule has 2 N–H and O–H groups in total. The van der Waals surface area contributed by atoms with Crippen molar-refractivity contribution in [3.8, 4) is 5.75 Å². The standard InChI is InChI=1S/C23H36N2O5/c1-3-13-24-23(28)25(17-19-7-5-6-8-19)14-15-30-20-11-9-18(10-12-20)16-21(22(26)27)29-4-2/h9-12,19,21H,3-8,13-17H2,1-2H3,(H,24,28)(H,26,27). The normalized spacial score (nSPS) is 15.0. The topological polar surface area (TPSA) is 88.1 Å². The molecule has 0 saturated heterocycles. The number of rotatable bonds is 13. The maximum atomic E-state index is 12.5. The van der Waals surface area contributed by atoms with E-state index in [1.807, 2.05) is 36.1 Å². The zero-order chi connectivity index (χ0) is 21.8. The van der Waals surface area contributed by atoms with Gasteiger partial charge in [-0.2, -0.15) is 0 Å². The number of amides is 2. The molecule has 0 radical (unpaired) electrons. The van der Waals surface area contributed by atoms with Crippen molar-refractivity contribution >= 4 is 12.0 Å². The van der Waals surface area contributed by atoms with Crippen molar-refractivity contribution in [1.29, 1.82) is 0 Å². The number of benzene rings is 1. The molecule has 1 aliphatic carbocycles. The van der Waals surface area contributed by atoms with E-state index in [4.69, 9.17) is 9.47 Å². The lowest BCUT2D eigenvalue weighted by Crippen LogP contribution is -2.44. The monoisotopic (exact) mass is 420 g/mol. The first-order valence-electron chi connectivity index (χ1n) is 11.1. The van der Waals surface area contributed by atoms with Crippen LogP contribution in [-0.4, -0.2) is 61.0 Å². The van der Waals surface area contributed by atoms with Crippen LogP contribution in [0.25, 0.3) is 0 Å². The van der Waals surface area contributed by atoms with Gasteiger partial charge < -0.3 is 24.8 Å². The second-order valence-corrected chi connectivity index (χ2v) is 7.81. The van der Waals surface area contributed by atoms with Gasteiger partial charge in [0.05, 0.1) is 6.54 Å². The lowest BCUT2D eigenvalue weighted by molar-refractivity contribution is -0.149. The molecular weight excluding hydrogens is 384 g/mol. The van der Waals surface area contributed by atoms with Gasteiger partial charge in [-0.25, -0.2) is 9.59 Å². The zero-order valence-corrected chi connectivity index (χ0v) is 18.3. The van der Waals surface area contributed by atoms with Crippen molar-refractivity contribution in [1.82, 2.24) is 10.2 Å². The van der Waals surface area contributed by atoms with Gasteiger partial charge >= 0.3 is 12.0 Å². The maximum absolute atomic E-state index is 12.5. The maximum Gasteiger partial charge on any atom is 0.333 e. The molecule has 1 aromatic carbocycles. The Morgan fingerprint density at radius 1 is 1.20 bits per heavy atom. The number of carboxylic acid groups (broad SMARTS) is 1. The molecule has 7 heteroatoms. The molecule has 1 atom stereocenters. The summed E-state index contributed by atoms with van der Waals surface area (Å²) in [5.41, 5.74) is 0.880. The van der Waals surface area contributed by atoms with Crippen molar-refractivity contribution in [2.45, 2.75) is 58.5 Å². The van der Waals surface area contributed by atoms with E-state index in [2.05, 4.69) is 5.32 Å². The van der Waals surface area contributed by atoms with Gasteiger partial charge in [-0.1, -0.05) is 31.9 Å². The highest BCUT2D eigenvalue weighted by molar-refractivity contribution is 5.74. The summed E-state index contributed by atoms with van der Waals surface area (Å²) >= 11 is 0. The second kappa shape index (κ2) is 13.1. The molecular formula is C23H36N2O5. The number of urea groups is 1. The summed E-state index contributed by atoms with van der Waals surface area (Å²) in [5, 5.41) is 12.2. The predicted molar refractivity (Wildman–Crippen MR) is 116 cm³/mol. The van der Waals surface area contributed by atoms with E-state index in [0.29, 0.717) is 44.4 Å². The van der Waals surface area contributed by atoms with Crippen LogP contribution in [-0.2, 0) is 16.0 Å². The number of nitrogens with one attached hydrogen (secondary N) is 1. The number of ether oxygens (including phenoxy) is 2. The summed E-state index contributed by atoms with van der Waals surface area (Å²) in [7, 11) is 0. The molecule has 2 amide bonds. The molecule has 2 rings (SSSR count). The molecule has 30 heavy (non-hydrogen) atoms. The first kappa shape index (κ1) is 24.0. The Morgan fingerprint density at radius 3 is 2.50 bits per heavy atom. The molecule has 1 saturated carbocycles. The fraction of sp³-hybridized carbons (Fsp3) is 0.652. The van der Waals surface area contributed by atoms with Gasteiger partial charge in [-0.05, 0) is 49.8 Å². The van der Waals surface area contributed by atoms with Crippen molar-refractivity contribution in [3.05, 3.63) is 29.8 Å². The minimum Gasteiger partial charge on any atom is -0.492 e. The van der Waals surface area contributed by atoms with Crippen LogP contribution in [0.2, 0.25) is 0 Å². The van der Waals surface area contributed by atoms with Gasteiger partial charge in [0.1, 0.15) is 12.4 Å². The molecule has 1 aliphatic rings. The zero-order valence-electron chi connectivity index (χ0n) is 18.3. The summed E-state index contributed by atoms with van der Waals surface area (Å²) in [4.78, 5) is 25.6. The summed E-state index contributed by atoms with van der Waals surface area (Å²) in [6.07, 6.45) is 5.28. The third-order valence-electron chi connectivity index (χ3n) is 5.38. The highest BCUT2D eigenvalue weighted by Crippen LogP contribution is 2.25. The molecule has 1 aromatic rings. The summed E-state index contributed by atoms with van der Waals surface area (Å²) in [6, 6.07) is 7.36. The Balaban J connectivity index is 1.84. The van der Waals surface area contributed by atoms with Crippen LogP contribution in [0, 0.1) is 5.92 Å². The summed E-state index contributed by atoms with van der Waals surface area (Å²) < 4.78 is 11.1. The van der Waals surface area contributed by atoms with Crippen molar-refractivity contribution in [2.24, 2.45) is 5.92 Å². The molecule has 168 valence electrons. The first-order chi connectivity index (χ1) is 14.5. The van der Waals surface area contributed by atoms with Gasteiger partial charge in [0.2, 0.25) is 0 Å². The van der Waals surface area contributed by atoms with Crippen molar-refractivity contribution in [2.75, 3.05) is 32.8 Å². The van der Waals surface area contributed by atoms with Crippen LogP contribution < -0.4 is 10.1 Å². The fourth-order valence-electron chi connectivity index (χ4n) is 3.75. The van der Waals surface area contributed by atoms with Crippen LogP contribution in [0.1, 0.15) is 51.5 Å². The number of hydrogen-bond donors (Lipinski definition) is 2. The van der Waals surface area contributed by atoms with E-state index in [9.17, 15) is 14.7 Å². The largest absolute Gasteiger partial charge is 0.492 e. The van der Waals surface area contributed by atoms with E-state index >= 15 is 0 Å². The molecule has 1 unspecified atom stereocenters. The lowest BCUT2D eigenvalue weighted by atomic mass is 10.1. The van der Waals surface area contributed by atoms with Crippen molar-refractivity contribution in [3.63, 3.8) is 0 Å². The van der Waals surface area contributed by atoms with Gasteiger partial charge in [0.15, 0.2) is 6.10 Å². The van der Waals surface area contributed by atoms with Crippen LogP contribution in [0.4, 0.5) is 4.79 Å². The minimum absolute atomic E-state index is 0.0154. The Hall–Kier alpha value is -2.28. The lowest BCUT2D eigenvalue weighted by Gasteiger charge is -2.26. The quantitative estimate of drug-likeness (QED) is 0.508. The summed E-state index contributed by atoms with van der Waals surface area (Å²) in [6.45, 7) is 6.61. The SMILES string of the molecule is CCCNC(=O)N(CCOc1ccc(CC(OCC)C(=O)O)cc1)CC1CCCC1. The van der Waals surface area contributed by atoms with E-state index < -0.39 is 12.1 Å². The van der Waals surface area contributed by atoms with Crippen LogP contribution in [0.15, 0.2) is 24.3 Å². The Kier molecular flexibility index (Phi) is 10.5. The number of nitrogens with zero attached hydrogens (tertiary/aromatic N) is 1. The second-order valence-electron chi connectivity index (χ2n) is 7.81. The molecule has 0 heterocycles. The Labute approximate surface area is 179 Å². The smallest absolute Gasteiger partial charge is 0.333 e. The summed E-state index contributed by atoms with van der Waals surface area (Å²) in [5.74, 6) is 0.335. The number of hydrogen-bond acceptors (Lipinski definition) is 4. The first-order valence-corrected chi connectivity index (χ1v) is 11.1. The van der Waals surface area contributed by atoms with E-state index in [0.717, 1.165) is 18.5 Å². The van der Waals surface area contributed by atoms with Crippen LogP contribution in [0.3, 0.4) is 0 Å². The highest BCUT2D eigenvalue weighted by Gasteiger charge is 2.22. The molecule has 1 fully saturated rings. The highest BCUT2D eigenvalue weighted by atomic mass is 16.5. The van der Waals surface area contributed by atoms with Gasteiger partial charge in [0.25, 0.3) is 0 Å². The van der Waals surface area contributed by atoms with Gasteiger partial charge in [-0.15, -0.1) is 0 Å². The average Bonchev–Trinajstić information content (AvgIpc) is 3.25. The van der Waals surface area contributed by atoms with E-state index in [1.165, 1.54) is 25.7 Å². The van der Waals surface area contributed by atoms with Gasteiger partial charge in [-0.3, -0.25) is 0 Å². The third kappa shape index (κ3) is 8.22. The predicted octanol–water partition coefficient (Wildman–Crippen LogP) is 3.71. The van der Waals surface area contributed by atoms with Crippen LogP contribution in [0.5, 0.6) is 5.75 Å². The third-order valence-corrected chi connectivity index (χ3v) is 5.38. The number of carbonyl (C=O) groups excluding carboxylic acids is 1. The molecule has 0 aromatic heterocycles. The van der Waals surface area contributed by atoms with Gasteiger partial charge in [0, 0.05) is 26.1 Å². The van der Waals surface area contributed by atoms with Crippen LogP contribution >= 0.6 is 0 Å². The average molecular weight is 421 g/mol. The van der Waals surface area contributed by atoms with E-state index in [-0.39, 0.29) is 6.03 Å². The molecule has 0 bridgehead atoms.